The lowest BCUT2D eigenvalue weighted by Gasteiger charge is -2.11. The first-order chi connectivity index (χ1) is 7.84. The maximum atomic E-state index is 7.00. The van der Waals surface area contributed by atoms with Gasteiger partial charge >= 0.3 is 0 Å². The molecule has 0 saturated heterocycles. The highest BCUT2D eigenvalue weighted by molar-refractivity contribution is 7.17. The molecular formula is C14H19OP. The van der Waals surface area contributed by atoms with Crippen molar-refractivity contribution in [3.05, 3.63) is 59.7 Å². The molecular weight excluding hydrogens is 215 g/mol. The Morgan fingerprint density at radius 2 is 1.94 bits per heavy atom. The Morgan fingerprint density at radius 1 is 1.25 bits per heavy atom. The normalized spacial score (nSPS) is 18.4. The van der Waals surface area contributed by atoms with Gasteiger partial charge in [0.2, 0.25) is 0 Å². The zero-order valence-electron chi connectivity index (χ0n) is 9.63. The number of benzene rings is 1. The molecule has 0 aliphatic heterocycles. The summed E-state index contributed by atoms with van der Waals surface area (Å²) in [6, 6.07) is 10.6. The third kappa shape index (κ3) is 4.30. The van der Waals surface area contributed by atoms with Gasteiger partial charge in [0.25, 0.3) is 0 Å². The zero-order chi connectivity index (χ0) is 11.8. The first kappa shape index (κ1) is 13.2. The summed E-state index contributed by atoms with van der Waals surface area (Å²) in [5.41, 5.74) is 3.47. The summed E-state index contributed by atoms with van der Waals surface area (Å²) in [5.74, 6) is 0. The van der Waals surface area contributed by atoms with Crippen molar-refractivity contribution < 1.29 is 5.11 Å². The summed E-state index contributed by atoms with van der Waals surface area (Å²) in [5, 5.41) is 7.00. The molecule has 1 N–H and O–H groups in total. The largest absolute Gasteiger partial charge is 0.400 e. The van der Waals surface area contributed by atoms with Crippen LogP contribution in [0.2, 0.25) is 0 Å². The van der Waals surface area contributed by atoms with Crippen molar-refractivity contribution in [2.45, 2.75) is 18.5 Å². The average Bonchev–Trinajstić information content (AvgIpc) is 2.36. The van der Waals surface area contributed by atoms with E-state index in [0.717, 1.165) is 20.0 Å². The molecule has 2 unspecified atom stereocenters. The molecule has 1 aromatic carbocycles. The molecule has 0 aromatic heterocycles. The number of aliphatic hydroxyl groups is 1. The number of hydrogen-bond acceptors (Lipinski definition) is 1. The number of hydrogen-bond donors (Lipinski definition) is 1. The zero-order valence-corrected chi connectivity index (χ0v) is 10.8. The van der Waals surface area contributed by atoms with Crippen LogP contribution >= 0.6 is 9.24 Å². The highest BCUT2D eigenvalue weighted by Crippen LogP contribution is 2.19. The third-order valence-electron chi connectivity index (χ3n) is 2.46. The van der Waals surface area contributed by atoms with Gasteiger partial charge in [0, 0.05) is 7.11 Å². The molecule has 0 radical (unpaired) electrons. The van der Waals surface area contributed by atoms with Crippen LogP contribution in [0.1, 0.15) is 12.0 Å². The summed E-state index contributed by atoms with van der Waals surface area (Å²) < 4.78 is 0. The highest BCUT2D eigenvalue weighted by atomic mass is 31.0. The summed E-state index contributed by atoms with van der Waals surface area (Å²) >= 11 is 0. The van der Waals surface area contributed by atoms with Crippen LogP contribution in [0.4, 0.5) is 0 Å². The van der Waals surface area contributed by atoms with E-state index in [4.69, 9.17) is 5.11 Å². The van der Waals surface area contributed by atoms with E-state index in [1.165, 1.54) is 11.1 Å². The van der Waals surface area contributed by atoms with Crippen LogP contribution in [0.5, 0.6) is 0 Å². The van der Waals surface area contributed by atoms with Crippen molar-refractivity contribution in [1.29, 1.82) is 0 Å². The van der Waals surface area contributed by atoms with Gasteiger partial charge in [0.1, 0.15) is 0 Å². The van der Waals surface area contributed by atoms with E-state index >= 15 is 0 Å². The van der Waals surface area contributed by atoms with Crippen LogP contribution in [-0.4, -0.2) is 17.9 Å². The molecule has 2 heteroatoms. The molecule has 2 rings (SSSR count). The quantitative estimate of drug-likeness (QED) is 0.780. The Hall–Kier alpha value is -0.910. The second-order valence-electron chi connectivity index (χ2n) is 3.70. The van der Waals surface area contributed by atoms with Crippen LogP contribution in [0.15, 0.2) is 54.1 Å². The van der Waals surface area contributed by atoms with Crippen LogP contribution in [-0.2, 0) is 6.42 Å². The van der Waals surface area contributed by atoms with Gasteiger partial charge in [-0.2, -0.15) is 0 Å². The van der Waals surface area contributed by atoms with Crippen LogP contribution in [0.25, 0.3) is 0 Å². The standard InChI is InChI=1S/C13H15P.CH4O/c14-13-8-6-12(7-9-13)10-11-4-2-1-3-5-11;1-2/h1-8,13H,9-10,14H2;2H,1H3. The fourth-order valence-electron chi connectivity index (χ4n) is 1.64. The van der Waals surface area contributed by atoms with Crippen molar-refractivity contribution in [3.8, 4) is 0 Å². The fourth-order valence-corrected chi connectivity index (χ4v) is 1.89. The Bertz CT molecular complexity index is 354. The first-order valence-electron chi connectivity index (χ1n) is 5.46. The van der Waals surface area contributed by atoms with Crippen molar-refractivity contribution in [3.63, 3.8) is 0 Å². The molecule has 0 heterocycles. The van der Waals surface area contributed by atoms with E-state index < -0.39 is 0 Å². The van der Waals surface area contributed by atoms with Gasteiger partial charge in [-0.1, -0.05) is 48.6 Å². The van der Waals surface area contributed by atoms with E-state index in [1.807, 2.05) is 0 Å². The molecule has 0 saturated carbocycles. The average molecular weight is 234 g/mol. The summed E-state index contributed by atoms with van der Waals surface area (Å²) in [6.45, 7) is 0. The van der Waals surface area contributed by atoms with Gasteiger partial charge in [-0.25, -0.2) is 0 Å². The second-order valence-corrected chi connectivity index (χ2v) is 4.56. The predicted molar refractivity (Wildman–Crippen MR) is 73.6 cm³/mol. The van der Waals surface area contributed by atoms with E-state index in [0.29, 0.717) is 5.66 Å². The van der Waals surface area contributed by atoms with Gasteiger partial charge in [-0.05, 0) is 29.6 Å². The van der Waals surface area contributed by atoms with Crippen LogP contribution in [0, 0.1) is 0 Å². The minimum atomic E-state index is 0.634. The molecule has 16 heavy (non-hydrogen) atoms. The molecule has 86 valence electrons. The van der Waals surface area contributed by atoms with E-state index in [2.05, 4.69) is 57.8 Å². The SMILES string of the molecule is CO.PC1C=CC(Cc2ccccc2)=CC1. The van der Waals surface area contributed by atoms with Crippen LogP contribution < -0.4 is 0 Å². The molecule has 1 nitrogen and oxygen atoms in total. The Balaban J connectivity index is 0.000000606. The number of allylic oxidation sites excluding steroid dienone is 4. The van der Waals surface area contributed by atoms with Gasteiger partial charge in [-0.3, -0.25) is 0 Å². The second kappa shape index (κ2) is 7.38. The maximum Gasteiger partial charge on any atom is 0.0319 e. The molecule has 0 amide bonds. The van der Waals surface area contributed by atoms with Crippen molar-refractivity contribution >= 4 is 9.24 Å². The fraction of sp³-hybridized carbons (Fsp3) is 0.286. The van der Waals surface area contributed by atoms with Gasteiger partial charge in [0.05, 0.1) is 0 Å². The Labute approximate surface area is 100 Å². The molecule has 0 fully saturated rings. The molecule has 1 aromatic rings. The molecule has 0 spiro atoms. The Kier molecular flexibility index (Phi) is 6.07. The topological polar surface area (TPSA) is 20.2 Å². The molecule has 1 aliphatic carbocycles. The van der Waals surface area contributed by atoms with Crippen molar-refractivity contribution in [2.24, 2.45) is 0 Å². The summed E-state index contributed by atoms with van der Waals surface area (Å²) in [7, 11) is 3.84. The van der Waals surface area contributed by atoms with E-state index in [1.54, 1.807) is 0 Å². The van der Waals surface area contributed by atoms with Crippen molar-refractivity contribution in [2.75, 3.05) is 7.11 Å². The minimum absolute atomic E-state index is 0.634. The highest BCUT2D eigenvalue weighted by Gasteiger charge is 2.03. The summed E-state index contributed by atoms with van der Waals surface area (Å²) in [6.07, 6.45) is 9.07. The van der Waals surface area contributed by atoms with Gasteiger partial charge in [-0.15, -0.1) is 9.24 Å². The summed E-state index contributed by atoms with van der Waals surface area (Å²) in [4.78, 5) is 0. The monoisotopic (exact) mass is 234 g/mol. The first-order valence-corrected chi connectivity index (χ1v) is 6.13. The lowest BCUT2D eigenvalue weighted by Crippen LogP contribution is -1.98. The molecule has 1 aliphatic rings. The smallest absolute Gasteiger partial charge is 0.0319 e. The lowest BCUT2D eigenvalue weighted by molar-refractivity contribution is 0.399. The van der Waals surface area contributed by atoms with E-state index in [9.17, 15) is 0 Å². The molecule has 0 bridgehead atoms. The lowest BCUT2D eigenvalue weighted by atomic mass is 10.00. The minimum Gasteiger partial charge on any atom is -0.400 e. The Morgan fingerprint density at radius 3 is 2.50 bits per heavy atom. The number of aliphatic hydroxyl groups excluding tert-OH is 1. The predicted octanol–water partition coefficient (Wildman–Crippen LogP) is 2.97. The number of rotatable bonds is 2. The van der Waals surface area contributed by atoms with E-state index in [-0.39, 0.29) is 0 Å². The van der Waals surface area contributed by atoms with Crippen molar-refractivity contribution in [1.82, 2.24) is 0 Å². The maximum absolute atomic E-state index is 7.00. The van der Waals surface area contributed by atoms with Gasteiger partial charge in [0.15, 0.2) is 0 Å². The van der Waals surface area contributed by atoms with Gasteiger partial charge < -0.3 is 5.11 Å². The van der Waals surface area contributed by atoms with Crippen LogP contribution in [0.3, 0.4) is 0 Å². The third-order valence-corrected chi connectivity index (χ3v) is 2.96. The molecule has 2 atom stereocenters.